The molecule has 0 spiro atoms. The molecule has 0 aliphatic heterocycles. The van der Waals surface area contributed by atoms with Crippen molar-refractivity contribution in [1.82, 2.24) is 0 Å². The highest BCUT2D eigenvalue weighted by Crippen LogP contribution is 2.39. The lowest BCUT2D eigenvalue weighted by molar-refractivity contribution is 0.0996. The Morgan fingerprint density at radius 1 is 1.33 bits per heavy atom. The Morgan fingerprint density at radius 2 is 2.15 bits per heavy atom. The van der Waals surface area contributed by atoms with Gasteiger partial charge in [0.15, 0.2) is 0 Å². The number of hydrogen-bond donors (Lipinski definition) is 1. The van der Waals surface area contributed by atoms with E-state index in [1.54, 1.807) is 31.4 Å². The molecule has 1 aromatic carbocycles. The standard InChI is InChI=1S/C20H17N3O3S/c1-25-12-6-7-16-11(8-12)9-14(18(22)24)19(26-16)23-20-15(10-21)13-4-2-3-5-17(13)27-20/h6-9H,2-5H2,1H3,(H2,22,24)/b23-19-. The summed E-state index contributed by atoms with van der Waals surface area (Å²) in [5.41, 5.74) is 8.05. The van der Waals surface area contributed by atoms with Crippen molar-refractivity contribution in [2.45, 2.75) is 25.7 Å². The minimum Gasteiger partial charge on any atom is -0.497 e. The Labute approximate surface area is 159 Å². The van der Waals surface area contributed by atoms with Gasteiger partial charge in [-0.05, 0) is 55.5 Å². The van der Waals surface area contributed by atoms with Crippen LogP contribution in [0.5, 0.6) is 5.75 Å². The Morgan fingerprint density at radius 3 is 2.89 bits per heavy atom. The number of thiophene rings is 1. The third kappa shape index (κ3) is 3.09. The van der Waals surface area contributed by atoms with Gasteiger partial charge in [-0.1, -0.05) is 0 Å². The number of fused-ring (bicyclic) bond motifs is 2. The summed E-state index contributed by atoms with van der Waals surface area (Å²) in [6.45, 7) is 0. The number of nitrogens with zero attached hydrogens (tertiary/aromatic N) is 2. The number of benzene rings is 1. The van der Waals surface area contributed by atoms with E-state index in [1.165, 1.54) is 16.2 Å². The molecule has 1 aliphatic carbocycles. The minimum absolute atomic E-state index is 0.121. The zero-order valence-corrected chi connectivity index (χ0v) is 15.6. The number of rotatable bonds is 3. The fraction of sp³-hybridized carbons (Fsp3) is 0.250. The molecule has 2 N–H and O–H groups in total. The van der Waals surface area contributed by atoms with E-state index in [4.69, 9.17) is 14.9 Å². The van der Waals surface area contributed by atoms with Crippen LogP contribution in [0.25, 0.3) is 11.0 Å². The lowest BCUT2D eigenvalue weighted by Crippen LogP contribution is -2.21. The van der Waals surface area contributed by atoms with Gasteiger partial charge in [-0.3, -0.25) is 4.79 Å². The predicted octanol–water partition coefficient (Wildman–Crippen LogP) is 3.58. The summed E-state index contributed by atoms with van der Waals surface area (Å²) >= 11 is 1.49. The summed E-state index contributed by atoms with van der Waals surface area (Å²) in [7, 11) is 1.57. The van der Waals surface area contributed by atoms with Crippen LogP contribution in [0.3, 0.4) is 0 Å². The van der Waals surface area contributed by atoms with E-state index in [0.29, 0.717) is 27.3 Å². The molecule has 1 amide bonds. The number of aryl methyl sites for hydroxylation is 1. The number of carbonyl (C=O) groups is 1. The molecule has 1 aliphatic rings. The van der Waals surface area contributed by atoms with Crippen LogP contribution >= 0.6 is 11.3 Å². The molecule has 27 heavy (non-hydrogen) atoms. The second-order valence-corrected chi connectivity index (χ2v) is 7.43. The van der Waals surface area contributed by atoms with Gasteiger partial charge in [0.2, 0.25) is 5.55 Å². The van der Waals surface area contributed by atoms with Crippen LogP contribution < -0.4 is 16.0 Å². The first-order valence-electron chi connectivity index (χ1n) is 8.61. The molecule has 3 aromatic rings. The van der Waals surface area contributed by atoms with Gasteiger partial charge in [0, 0.05) is 10.3 Å². The first kappa shape index (κ1) is 17.3. The largest absolute Gasteiger partial charge is 0.497 e. The molecule has 0 bridgehead atoms. The predicted molar refractivity (Wildman–Crippen MR) is 102 cm³/mol. The van der Waals surface area contributed by atoms with Gasteiger partial charge in [-0.2, -0.15) is 5.26 Å². The van der Waals surface area contributed by atoms with Gasteiger partial charge >= 0.3 is 0 Å². The SMILES string of the molecule is COc1ccc2o/c(=N\c3sc4c(c3C#N)CCCC4)c(C(N)=O)cc2c1. The highest BCUT2D eigenvalue weighted by Gasteiger charge is 2.21. The molecule has 0 fully saturated rings. The third-order valence-electron chi connectivity index (χ3n) is 4.69. The summed E-state index contributed by atoms with van der Waals surface area (Å²) < 4.78 is 11.1. The molecule has 0 radical (unpaired) electrons. The average Bonchev–Trinajstić information content (AvgIpc) is 3.03. The summed E-state index contributed by atoms with van der Waals surface area (Å²) in [6, 6.07) is 9.19. The van der Waals surface area contributed by atoms with Crippen molar-refractivity contribution in [3.05, 3.63) is 51.4 Å². The van der Waals surface area contributed by atoms with Crippen LogP contribution in [0.15, 0.2) is 33.7 Å². The lowest BCUT2D eigenvalue weighted by atomic mass is 9.96. The smallest absolute Gasteiger partial charge is 0.254 e. The normalized spacial score (nSPS) is 14.0. The molecule has 6 nitrogen and oxygen atoms in total. The zero-order valence-electron chi connectivity index (χ0n) is 14.7. The Kier molecular flexibility index (Phi) is 4.42. The van der Waals surface area contributed by atoms with Crippen molar-refractivity contribution in [1.29, 1.82) is 5.26 Å². The topological polar surface area (TPSA) is 102 Å². The summed E-state index contributed by atoms with van der Waals surface area (Å²) in [5.74, 6) is 0.0116. The number of hydrogen-bond acceptors (Lipinski definition) is 6. The number of amides is 1. The van der Waals surface area contributed by atoms with Crippen molar-refractivity contribution in [2.24, 2.45) is 10.7 Å². The molecule has 4 rings (SSSR count). The quantitative estimate of drug-likeness (QED) is 0.751. The van der Waals surface area contributed by atoms with Crippen LogP contribution in [0, 0.1) is 11.3 Å². The molecule has 0 atom stereocenters. The van der Waals surface area contributed by atoms with Crippen LogP contribution in [-0.2, 0) is 12.8 Å². The number of nitriles is 1. The van der Waals surface area contributed by atoms with Crippen molar-refractivity contribution in [3.63, 3.8) is 0 Å². The molecule has 2 aromatic heterocycles. The molecule has 0 unspecified atom stereocenters. The summed E-state index contributed by atoms with van der Waals surface area (Å²) in [5, 5.41) is 10.9. The zero-order chi connectivity index (χ0) is 19.0. The molecular weight excluding hydrogens is 362 g/mol. The molecular formula is C20H17N3O3S. The molecule has 7 heteroatoms. The van der Waals surface area contributed by atoms with Crippen LogP contribution in [0.4, 0.5) is 5.00 Å². The number of carbonyl (C=O) groups excluding carboxylic acids is 1. The number of ether oxygens (including phenoxy) is 1. The van der Waals surface area contributed by atoms with Crippen molar-refractivity contribution in [3.8, 4) is 11.8 Å². The van der Waals surface area contributed by atoms with Crippen LogP contribution in [0.1, 0.15) is 39.2 Å². The molecule has 2 heterocycles. The number of nitrogens with two attached hydrogens (primary N) is 1. The Hall–Kier alpha value is -3.11. The molecule has 136 valence electrons. The van der Waals surface area contributed by atoms with Gasteiger partial charge in [0.05, 0.1) is 12.7 Å². The van der Waals surface area contributed by atoms with Crippen LogP contribution in [-0.4, -0.2) is 13.0 Å². The second kappa shape index (κ2) is 6.89. The maximum atomic E-state index is 12.0. The Balaban J connectivity index is 1.95. The van der Waals surface area contributed by atoms with E-state index in [9.17, 15) is 10.1 Å². The van der Waals surface area contributed by atoms with Crippen LogP contribution in [0.2, 0.25) is 0 Å². The van der Waals surface area contributed by atoms with Gasteiger partial charge in [0.25, 0.3) is 5.91 Å². The van der Waals surface area contributed by atoms with E-state index in [0.717, 1.165) is 31.2 Å². The molecule has 0 saturated carbocycles. The van der Waals surface area contributed by atoms with Gasteiger partial charge in [-0.15, -0.1) is 11.3 Å². The highest BCUT2D eigenvalue weighted by atomic mass is 32.1. The third-order valence-corrected chi connectivity index (χ3v) is 5.87. The van der Waals surface area contributed by atoms with Gasteiger partial charge < -0.3 is 14.9 Å². The van der Waals surface area contributed by atoms with Crippen molar-refractivity contribution in [2.75, 3.05) is 7.11 Å². The van der Waals surface area contributed by atoms with Gasteiger partial charge in [-0.25, -0.2) is 4.99 Å². The van der Waals surface area contributed by atoms with E-state index < -0.39 is 5.91 Å². The fourth-order valence-electron chi connectivity index (χ4n) is 3.33. The Bertz CT molecular complexity index is 1170. The van der Waals surface area contributed by atoms with Crippen molar-refractivity contribution >= 4 is 33.2 Å². The second-order valence-electron chi connectivity index (χ2n) is 6.35. The molecule has 0 saturated heterocycles. The number of primary amides is 1. The minimum atomic E-state index is -0.637. The fourth-order valence-corrected chi connectivity index (χ4v) is 4.54. The first-order valence-corrected chi connectivity index (χ1v) is 9.43. The highest BCUT2D eigenvalue weighted by molar-refractivity contribution is 7.16. The van der Waals surface area contributed by atoms with E-state index in [-0.39, 0.29) is 11.1 Å². The lowest BCUT2D eigenvalue weighted by Gasteiger charge is -2.09. The van der Waals surface area contributed by atoms with E-state index >= 15 is 0 Å². The van der Waals surface area contributed by atoms with E-state index in [2.05, 4.69) is 11.1 Å². The summed E-state index contributed by atoms with van der Waals surface area (Å²) in [6.07, 6.45) is 4.04. The first-order chi connectivity index (χ1) is 13.1. The monoisotopic (exact) mass is 379 g/mol. The van der Waals surface area contributed by atoms with Crippen molar-refractivity contribution < 1.29 is 13.9 Å². The average molecular weight is 379 g/mol. The number of methoxy groups -OCH3 is 1. The summed E-state index contributed by atoms with van der Waals surface area (Å²) in [4.78, 5) is 17.7. The maximum Gasteiger partial charge on any atom is 0.254 e. The van der Waals surface area contributed by atoms with E-state index in [1.807, 2.05) is 0 Å². The maximum absolute atomic E-state index is 12.0. The van der Waals surface area contributed by atoms with Gasteiger partial charge in [0.1, 0.15) is 28.0 Å².